The molecular weight excluding hydrogens is 270 g/mol. The van der Waals surface area contributed by atoms with Crippen LogP contribution in [0.25, 0.3) is 10.9 Å². The summed E-state index contributed by atoms with van der Waals surface area (Å²) in [6.45, 7) is 0. The van der Waals surface area contributed by atoms with Crippen LogP contribution in [0.15, 0.2) is 18.2 Å². The maximum atomic E-state index is 13.2. The molecule has 2 rings (SSSR count). The second kappa shape index (κ2) is 4.43. The molecule has 2 aromatic rings. The van der Waals surface area contributed by atoms with Gasteiger partial charge in [0, 0.05) is 10.9 Å². The molecule has 1 aromatic carbocycles. The van der Waals surface area contributed by atoms with Gasteiger partial charge in [-0.05, 0) is 12.1 Å². The van der Waals surface area contributed by atoms with Crippen molar-refractivity contribution in [3.63, 3.8) is 0 Å². The van der Waals surface area contributed by atoms with Crippen LogP contribution >= 0.6 is 23.2 Å². The first-order valence-electron chi connectivity index (χ1n) is 4.52. The van der Waals surface area contributed by atoms with Gasteiger partial charge in [0.15, 0.2) is 0 Å². The largest absolute Gasteiger partial charge is 0.298 e. The predicted octanol–water partition coefficient (Wildman–Crippen LogP) is 3.67. The molecule has 0 atom stereocenters. The predicted molar refractivity (Wildman–Crippen MR) is 62.9 cm³/mol. The van der Waals surface area contributed by atoms with Crippen molar-refractivity contribution in [1.82, 2.24) is 4.98 Å². The van der Waals surface area contributed by atoms with Gasteiger partial charge in [0.1, 0.15) is 16.5 Å². The quantitative estimate of drug-likeness (QED) is 0.363. The molecule has 1 heterocycles. The van der Waals surface area contributed by atoms with Crippen LogP contribution in [0.3, 0.4) is 0 Å². The number of aromatic nitrogens is 1. The molecule has 17 heavy (non-hydrogen) atoms. The summed E-state index contributed by atoms with van der Waals surface area (Å²) in [4.78, 5) is 13.9. The molecule has 0 saturated heterocycles. The van der Waals surface area contributed by atoms with Crippen LogP contribution in [0.4, 0.5) is 10.1 Å². The summed E-state index contributed by atoms with van der Waals surface area (Å²) in [7, 11) is 0. The summed E-state index contributed by atoms with van der Waals surface area (Å²) in [6, 6.07) is 3.46. The third-order valence-corrected chi connectivity index (χ3v) is 2.84. The summed E-state index contributed by atoms with van der Waals surface area (Å²) < 4.78 is 13.2. The number of nitro groups is 1. The molecule has 4 nitrogen and oxygen atoms in total. The molecule has 0 bridgehead atoms. The number of non-ortho nitro benzene ring substituents is 1. The fourth-order valence-corrected chi connectivity index (χ4v) is 1.97. The molecule has 0 N–H and O–H groups in total. The SMILES string of the molecule is O=[N+]([O-])c1cc(F)cc2cc(CCl)c(Cl)nc12. The van der Waals surface area contributed by atoms with Gasteiger partial charge in [-0.25, -0.2) is 9.37 Å². The Hall–Kier alpha value is -1.46. The van der Waals surface area contributed by atoms with E-state index in [-0.39, 0.29) is 16.5 Å². The van der Waals surface area contributed by atoms with Crippen molar-refractivity contribution in [2.75, 3.05) is 0 Å². The number of rotatable bonds is 2. The monoisotopic (exact) mass is 274 g/mol. The van der Waals surface area contributed by atoms with Gasteiger partial charge in [-0.3, -0.25) is 10.1 Å². The Balaban J connectivity index is 2.85. The average molecular weight is 275 g/mol. The first-order chi connectivity index (χ1) is 8.02. The van der Waals surface area contributed by atoms with Crippen molar-refractivity contribution in [1.29, 1.82) is 0 Å². The molecule has 1 aromatic heterocycles. The topological polar surface area (TPSA) is 56.0 Å². The van der Waals surface area contributed by atoms with Crippen molar-refractivity contribution < 1.29 is 9.31 Å². The zero-order chi connectivity index (χ0) is 12.6. The summed E-state index contributed by atoms with van der Waals surface area (Å²) in [6.07, 6.45) is 0. The number of nitro benzene ring substituents is 1. The van der Waals surface area contributed by atoms with E-state index in [0.717, 1.165) is 12.1 Å². The van der Waals surface area contributed by atoms with Crippen LogP contribution in [-0.4, -0.2) is 9.91 Å². The highest BCUT2D eigenvalue weighted by Crippen LogP contribution is 2.29. The van der Waals surface area contributed by atoms with Gasteiger partial charge in [0.25, 0.3) is 5.69 Å². The van der Waals surface area contributed by atoms with E-state index < -0.39 is 16.4 Å². The van der Waals surface area contributed by atoms with E-state index in [2.05, 4.69) is 4.98 Å². The number of halogens is 3. The van der Waals surface area contributed by atoms with Crippen LogP contribution in [0.1, 0.15) is 5.56 Å². The van der Waals surface area contributed by atoms with Crippen LogP contribution in [-0.2, 0) is 5.88 Å². The Kier molecular flexibility index (Phi) is 3.13. The maximum absolute atomic E-state index is 13.2. The number of hydrogen-bond acceptors (Lipinski definition) is 3. The van der Waals surface area contributed by atoms with Crippen LogP contribution in [0.5, 0.6) is 0 Å². The van der Waals surface area contributed by atoms with Crippen molar-refractivity contribution >= 4 is 39.8 Å². The van der Waals surface area contributed by atoms with E-state index in [4.69, 9.17) is 23.2 Å². The van der Waals surface area contributed by atoms with Gasteiger partial charge >= 0.3 is 0 Å². The molecular formula is C10H5Cl2FN2O2. The molecule has 88 valence electrons. The normalized spacial score (nSPS) is 10.8. The van der Waals surface area contributed by atoms with E-state index in [9.17, 15) is 14.5 Å². The fourth-order valence-electron chi connectivity index (χ4n) is 1.49. The second-order valence-corrected chi connectivity index (χ2v) is 3.95. The lowest BCUT2D eigenvalue weighted by atomic mass is 10.1. The maximum Gasteiger partial charge on any atom is 0.298 e. The Morgan fingerprint density at radius 1 is 1.41 bits per heavy atom. The van der Waals surface area contributed by atoms with Gasteiger partial charge in [-0.1, -0.05) is 11.6 Å². The Labute approximate surface area is 105 Å². The van der Waals surface area contributed by atoms with E-state index in [1.165, 1.54) is 6.07 Å². The number of fused-ring (bicyclic) bond motifs is 1. The minimum absolute atomic E-state index is 0.0512. The number of nitrogens with zero attached hydrogens (tertiary/aromatic N) is 2. The van der Waals surface area contributed by atoms with Crippen LogP contribution in [0, 0.1) is 15.9 Å². The minimum Gasteiger partial charge on any atom is -0.258 e. The molecule has 0 fully saturated rings. The van der Waals surface area contributed by atoms with E-state index in [1.54, 1.807) is 0 Å². The summed E-state index contributed by atoms with van der Waals surface area (Å²) in [5.74, 6) is -0.597. The molecule has 0 unspecified atom stereocenters. The summed E-state index contributed by atoms with van der Waals surface area (Å²) >= 11 is 11.4. The molecule has 0 saturated carbocycles. The van der Waals surface area contributed by atoms with E-state index >= 15 is 0 Å². The lowest BCUT2D eigenvalue weighted by Gasteiger charge is -2.03. The fraction of sp³-hybridized carbons (Fsp3) is 0.100. The first kappa shape index (κ1) is 12.0. The zero-order valence-corrected chi connectivity index (χ0v) is 9.80. The Morgan fingerprint density at radius 2 is 2.12 bits per heavy atom. The summed E-state index contributed by atoms with van der Waals surface area (Å²) in [5, 5.41) is 11.2. The zero-order valence-electron chi connectivity index (χ0n) is 8.28. The van der Waals surface area contributed by atoms with Gasteiger partial charge in [0.2, 0.25) is 0 Å². The summed E-state index contributed by atoms with van der Waals surface area (Å²) in [5.41, 5.74) is 0.138. The van der Waals surface area contributed by atoms with E-state index in [1.807, 2.05) is 0 Å². The number of alkyl halides is 1. The molecule has 0 amide bonds. The van der Waals surface area contributed by atoms with Crippen molar-refractivity contribution in [2.45, 2.75) is 5.88 Å². The van der Waals surface area contributed by atoms with Crippen molar-refractivity contribution in [3.05, 3.63) is 44.8 Å². The molecule has 0 spiro atoms. The average Bonchev–Trinajstić information content (AvgIpc) is 2.27. The molecule has 0 radical (unpaired) electrons. The van der Waals surface area contributed by atoms with Gasteiger partial charge in [-0.15, -0.1) is 11.6 Å². The van der Waals surface area contributed by atoms with E-state index in [0.29, 0.717) is 10.9 Å². The van der Waals surface area contributed by atoms with Gasteiger partial charge < -0.3 is 0 Å². The molecule has 0 aliphatic rings. The standard InChI is InChI=1S/C10H5Cl2FN2O2/c11-4-6-1-5-2-7(13)3-8(15(16)17)9(5)14-10(6)12/h1-3H,4H2. The number of hydrogen-bond donors (Lipinski definition) is 0. The number of pyridine rings is 1. The lowest BCUT2D eigenvalue weighted by Crippen LogP contribution is -1.95. The number of benzene rings is 1. The van der Waals surface area contributed by atoms with Crippen LogP contribution < -0.4 is 0 Å². The highest BCUT2D eigenvalue weighted by Gasteiger charge is 2.17. The third kappa shape index (κ3) is 2.16. The highest BCUT2D eigenvalue weighted by atomic mass is 35.5. The van der Waals surface area contributed by atoms with Crippen molar-refractivity contribution in [2.24, 2.45) is 0 Å². The smallest absolute Gasteiger partial charge is 0.258 e. The van der Waals surface area contributed by atoms with Gasteiger partial charge in [0.05, 0.1) is 16.9 Å². The van der Waals surface area contributed by atoms with Crippen LogP contribution in [0.2, 0.25) is 5.15 Å². The first-order valence-corrected chi connectivity index (χ1v) is 5.43. The Morgan fingerprint density at radius 3 is 2.71 bits per heavy atom. The lowest BCUT2D eigenvalue weighted by molar-refractivity contribution is -0.383. The molecule has 0 aliphatic carbocycles. The minimum atomic E-state index is -0.700. The van der Waals surface area contributed by atoms with Gasteiger partial charge in [-0.2, -0.15) is 0 Å². The third-order valence-electron chi connectivity index (χ3n) is 2.23. The highest BCUT2D eigenvalue weighted by molar-refractivity contribution is 6.31. The Bertz CT molecular complexity index is 619. The molecule has 7 heteroatoms. The second-order valence-electron chi connectivity index (χ2n) is 3.33. The molecule has 0 aliphatic heterocycles. The van der Waals surface area contributed by atoms with Crippen molar-refractivity contribution in [3.8, 4) is 0 Å².